The molecule has 17 heavy (non-hydrogen) atoms. The summed E-state index contributed by atoms with van der Waals surface area (Å²) in [4.78, 5) is 29.5. The van der Waals surface area contributed by atoms with Gasteiger partial charge in [0, 0.05) is 23.7 Å². The lowest BCUT2D eigenvalue weighted by Gasteiger charge is -2.07. The molecule has 0 aliphatic rings. The summed E-state index contributed by atoms with van der Waals surface area (Å²) in [5.74, 6) is -0.738. The molecule has 86 valence electrons. The number of pyridine rings is 2. The number of nitrogens with two attached hydrogens (primary N) is 1. The van der Waals surface area contributed by atoms with Gasteiger partial charge >= 0.3 is 0 Å². The predicted molar refractivity (Wildman–Crippen MR) is 63.5 cm³/mol. The highest BCUT2D eigenvalue weighted by molar-refractivity contribution is 5.99. The number of carbonyl (C=O) groups is 1. The van der Waals surface area contributed by atoms with Gasteiger partial charge in [0.15, 0.2) is 0 Å². The second-order valence-electron chi connectivity index (χ2n) is 3.67. The molecule has 0 spiro atoms. The average Bonchev–Trinajstić information content (AvgIpc) is 2.28. The zero-order valence-electron chi connectivity index (χ0n) is 9.23. The van der Waals surface area contributed by atoms with Crippen LogP contribution in [0.1, 0.15) is 16.1 Å². The number of primary amides is 1. The number of aromatic nitrogens is 2. The SMILES string of the molecule is Cc1cc(-c2ccncc2)c(C(N)=O)c(=O)[nH]1. The number of hydrogen-bond acceptors (Lipinski definition) is 3. The van der Waals surface area contributed by atoms with Crippen LogP contribution in [0.5, 0.6) is 0 Å². The van der Waals surface area contributed by atoms with Gasteiger partial charge in [0.05, 0.1) is 0 Å². The Kier molecular flexibility index (Phi) is 2.74. The molecular weight excluding hydrogens is 218 g/mol. The number of aromatic amines is 1. The molecule has 0 saturated carbocycles. The van der Waals surface area contributed by atoms with Crippen molar-refractivity contribution < 1.29 is 4.79 Å². The molecule has 2 aromatic rings. The van der Waals surface area contributed by atoms with E-state index in [4.69, 9.17) is 5.73 Å². The summed E-state index contributed by atoms with van der Waals surface area (Å²) in [6, 6.07) is 5.16. The fourth-order valence-corrected chi connectivity index (χ4v) is 1.69. The Morgan fingerprint density at radius 2 is 2.00 bits per heavy atom. The Morgan fingerprint density at radius 3 is 2.59 bits per heavy atom. The molecule has 0 bridgehead atoms. The van der Waals surface area contributed by atoms with E-state index >= 15 is 0 Å². The number of H-pyrrole nitrogens is 1. The third kappa shape index (κ3) is 2.08. The first-order valence-corrected chi connectivity index (χ1v) is 5.03. The van der Waals surface area contributed by atoms with Gasteiger partial charge in [-0.2, -0.15) is 0 Å². The van der Waals surface area contributed by atoms with Gasteiger partial charge in [-0.3, -0.25) is 14.6 Å². The fourth-order valence-electron chi connectivity index (χ4n) is 1.69. The van der Waals surface area contributed by atoms with Crippen LogP contribution >= 0.6 is 0 Å². The van der Waals surface area contributed by atoms with Gasteiger partial charge in [-0.1, -0.05) is 0 Å². The molecule has 0 aromatic carbocycles. The second-order valence-corrected chi connectivity index (χ2v) is 3.67. The van der Waals surface area contributed by atoms with Crippen molar-refractivity contribution in [1.29, 1.82) is 0 Å². The van der Waals surface area contributed by atoms with E-state index < -0.39 is 11.5 Å². The molecule has 0 fully saturated rings. The first kappa shape index (κ1) is 11.1. The molecule has 0 atom stereocenters. The molecule has 2 aromatic heterocycles. The highest BCUT2D eigenvalue weighted by Gasteiger charge is 2.14. The van der Waals surface area contributed by atoms with Crippen LogP contribution in [0.2, 0.25) is 0 Å². The molecule has 3 N–H and O–H groups in total. The third-order valence-corrected chi connectivity index (χ3v) is 2.41. The van der Waals surface area contributed by atoms with E-state index in [-0.39, 0.29) is 5.56 Å². The normalized spacial score (nSPS) is 10.2. The molecule has 1 amide bonds. The summed E-state index contributed by atoms with van der Waals surface area (Å²) >= 11 is 0. The molecule has 2 rings (SSSR count). The maximum Gasteiger partial charge on any atom is 0.261 e. The van der Waals surface area contributed by atoms with Crippen LogP contribution in [0.3, 0.4) is 0 Å². The number of carbonyl (C=O) groups excluding carboxylic acids is 1. The second kappa shape index (κ2) is 4.21. The highest BCUT2D eigenvalue weighted by Crippen LogP contribution is 2.20. The summed E-state index contributed by atoms with van der Waals surface area (Å²) in [7, 11) is 0. The Balaban J connectivity index is 2.77. The van der Waals surface area contributed by atoms with Gasteiger partial charge in [0.1, 0.15) is 5.56 Å². The van der Waals surface area contributed by atoms with Crippen LogP contribution < -0.4 is 11.3 Å². The van der Waals surface area contributed by atoms with Crippen LogP contribution in [-0.4, -0.2) is 15.9 Å². The standard InChI is InChI=1S/C12H11N3O2/c1-7-6-9(8-2-4-14-5-3-8)10(11(13)16)12(17)15-7/h2-6H,1H3,(H2,13,16)(H,15,17). The van der Waals surface area contributed by atoms with Crippen LogP contribution in [0.25, 0.3) is 11.1 Å². The molecule has 5 nitrogen and oxygen atoms in total. The van der Waals surface area contributed by atoms with Crippen molar-refractivity contribution in [3.05, 3.63) is 52.2 Å². The van der Waals surface area contributed by atoms with E-state index in [2.05, 4.69) is 9.97 Å². The number of nitrogens with one attached hydrogen (secondary N) is 1. The number of amides is 1. The van der Waals surface area contributed by atoms with E-state index in [9.17, 15) is 9.59 Å². The van der Waals surface area contributed by atoms with Crippen molar-refractivity contribution in [2.24, 2.45) is 5.73 Å². The topological polar surface area (TPSA) is 88.8 Å². The molecule has 0 aliphatic carbocycles. The molecule has 0 saturated heterocycles. The van der Waals surface area contributed by atoms with Crippen LogP contribution in [0.15, 0.2) is 35.4 Å². The van der Waals surface area contributed by atoms with E-state index in [0.717, 1.165) is 5.56 Å². The number of rotatable bonds is 2. The quantitative estimate of drug-likeness (QED) is 0.799. The van der Waals surface area contributed by atoms with Crippen molar-refractivity contribution in [1.82, 2.24) is 9.97 Å². The monoisotopic (exact) mass is 229 g/mol. The number of hydrogen-bond donors (Lipinski definition) is 2. The first-order chi connectivity index (χ1) is 8.09. The van der Waals surface area contributed by atoms with E-state index in [0.29, 0.717) is 11.3 Å². The van der Waals surface area contributed by atoms with E-state index in [1.807, 2.05) is 0 Å². The Morgan fingerprint density at radius 1 is 1.35 bits per heavy atom. The molecule has 5 heteroatoms. The van der Waals surface area contributed by atoms with Crippen LogP contribution in [-0.2, 0) is 0 Å². The Bertz CT molecular complexity index is 617. The lowest BCUT2D eigenvalue weighted by molar-refractivity contribution is 0.0999. The number of nitrogens with zero attached hydrogens (tertiary/aromatic N) is 1. The third-order valence-electron chi connectivity index (χ3n) is 2.41. The van der Waals surface area contributed by atoms with E-state index in [1.165, 1.54) is 0 Å². The minimum absolute atomic E-state index is 0.0261. The van der Waals surface area contributed by atoms with Gasteiger partial charge in [0.2, 0.25) is 0 Å². The summed E-state index contributed by atoms with van der Waals surface area (Å²) < 4.78 is 0. The Labute approximate surface area is 97.3 Å². The molecule has 0 unspecified atom stereocenters. The number of aryl methyl sites for hydroxylation is 1. The Hall–Kier alpha value is -2.43. The summed E-state index contributed by atoms with van der Waals surface area (Å²) in [5, 5.41) is 0. The van der Waals surface area contributed by atoms with Gasteiger partial charge in [0.25, 0.3) is 11.5 Å². The zero-order valence-corrected chi connectivity index (χ0v) is 9.23. The van der Waals surface area contributed by atoms with Gasteiger partial charge in [-0.05, 0) is 30.7 Å². The average molecular weight is 229 g/mol. The van der Waals surface area contributed by atoms with Gasteiger partial charge in [-0.15, -0.1) is 0 Å². The van der Waals surface area contributed by atoms with Crippen LogP contribution in [0.4, 0.5) is 0 Å². The zero-order chi connectivity index (χ0) is 12.4. The molecular formula is C12H11N3O2. The lowest BCUT2D eigenvalue weighted by Crippen LogP contribution is -2.25. The maximum absolute atomic E-state index is 11.7. The first-order valence-electron chi connectivity index (χ1n) is 5.03. The van der Waals surface area contributed by atoms with Crippen molar-refractivity contribution in [3.63, 3.8) is 0 Å². The smallest absolute Gasteiger partial charge is 0.261 e. The minimum atomic E-state index is -0.738. The van der Waals surface area contributed by atoms with Crippen molar-refractivity contribution in [3.8, 4) is 11.1 Å². The van der Waals surface area contributed by atoms with Crippen molar-refractivity contribution >= 4 is 5.91 Å². The largest absolute Gasteiger partial charge is 0.365 e. The minimum Gasteiger partial charge on any atom is -0.365 e. The van der Waals surface area contributed by atoms with Crippen molar-refractivity contribution in [2.45, 2.75) is 6.92 Å². The summed E-state index contributed by atoms with van der Waals surface area (Å²) in [6.07, 6.45) is 3.19. The summed E-state index contributed by atoms with van der Waals surface area (Å²) in [5.41, 5.74) is 6.67. The highest BCUT2D eigenvalue weighted by atomic mass is 16.2. The molecule has 0 radical (unpaired) electrons. The molecule has 2 heterocycles. The fraction of sp³-hybridized carbons (Fsp3) is 0.0833. The van der Waals surface area contributed by atoms with Gasteiger partial charge < -0.3 is 10.7 Å². The van der Waals surface area contributed by atoms with Crippen molar-refractivity contribution in [2.75, 3.05) is 0 Å². The predicted octanol–water partition coefficient (Wildman–Crippen LogP) is 0.844. The van der Waals surface area contributed by atoms with Crippen LogP contribution in [0, 0.1) is 6.92 Å². The summed E-state index contributed by atoms with van der Waals surface area (Å²) in [6.45, 7) is 1.75. The maximum atomic E-state index is 11.7. The van der Waals surface area contributed by atoms with E-state index in [1.54, 1.807) is 37.5 Å². The van der Waals surface area contributed by atoms with Gasteiger partial charge in [-0.25, -0.2) is 0 Å². The molecule has 0 aliphatic heterocycles. The lowest BCUT2D eigenvalue weighted by atomic mass is 10.0.